The maximum Gasteiger partial charge on any atom is 0.0426 e. The number of benzene rings is 2. The van der Waals surface area contributed by atoms with Crippen LogP contribution in [-0.4, -0.2) is 0 Å². The Labute approximate surface area is 93.1 Å². The molecule has 0 aromatic heterocycles. The van der Waals surface area contributed by atoms with E-state index in [1.54, 1.807) is 6.07 Å². The summed E-state index contributed by atoms with van der Waals surface area (Å²) in [6, 6.07) is 16.2. The van der Waals surface area contributed by atoms with Crippen molar-refractivity contribution in [3.05, 3.63) is 58.6 Å². The summed E-state index contributed by atoms with van der Waals surface area (Å²) in [6.07, 6.45) is 0. The quantitative estimate of drug-likeness (QED) is 0.668. The molecule has 2 aromatic rings. The molecular formula is C12H7Cl2. The van der Waals surface area contributed by atoms with Gasteiger partial charge in [0.1, 0.15) is 0 Å². The Balaban J connectivity index is 2.52. The molecule has 0 atom stereocenters. The van der Waals surface area contributed by atoms with Gasteiger partial charge >= 0.3 is 0 Å². The van der Waals surface area contributed by atoms with Crippen molar-refractivity contribution in [1.82, 2.24) is 0 Å². The lowest BCUT2D eigenvalue weighted by Gasteiger charge is -2.02. The van der Waals surface area contributed by atoms with Crippen LogP contribution in [0.2, 0.25) is 10.0 Å². The van der Waals surface area contributed by atoms with E-state index >= 15 is 0 Å². The van der Waals surface area contributed by atoms with Gasteiger partial charge in [0.05, 0.1) is 0 Å². The molecule has 0 nitrogen and oxygen atoms in total. The number of halogens is 2. The lowest BCUT2D eigenvalue weighted by Crippen LogP contribution is -1.77. The first-order chi connectivity index (χ1) is 6.75. The minimum atomic E-state index is 0.649. The molecule has 0 fully saturated rings. The van der Waals surface area contributed by atoms with Gasteiger partial charge in [-0.3, -0.25) is 0 Å². The van der Waals surface area contributed by atoms with Crippen molar-refractivity contribution in [3.63, 3.8) is 0 Å². The molecule has 0 bridgehead atoms. The summed E-state index contributed by atoms with van der Waals surface area (Å²) in [7, 11) is 0. The minimum absolute atomic E-state index is 0.649. The second kappa shape index (κ2) is 4.04. The average molecular weight is 222 g/mol. The van der Waals surface area contributed by atoms with Crippen LogP contribution in [0.1, 0.15) is 0 Å². The summed E-state index contributed by atoms with van der Waals surface area (Å²) >= 11 is 11.8. The Bertz CT molecular complexity index is 415. The van der Waals surface area contributed by atoms with Gasteiger partial charge in [0.2, 0.25) is 0 Å². The monoisotopic (exact) mass is 221 g/mol. The zero-order valence-corrected chi connectivity index (χ0v) is 8.81. The van der Waals surface area contributed by atoms with Gasteiger partial charge < -0.3 is 0 Å². The van der Waals surface area contributed by atoms with Gasteiger partial charge in [-0.05, 0) is 41.5 Å². The standard InChI is InChI=1S/C12H7Cl2/c13-11-6-10(7-12(14)8-11)9-4-2-1-3-5-9/h1-2,4-8H. The molecule has 0 saturated carbocycles. The molecule has 0 heterocycles. The van der Waals surface area contributed by atoms with Gasteiger partial charge in [0.25, 0.3) is 0 Å². The van der Waals surface area contributed by atoms with Crippen LogP contribution in [0.15, 0.2) is 42.5 Å². The third-order valence-electron chi connectivity index (χ3n) is 1.90. The van der Waals surface area contributed by atoms with E-state index in [4.69, 9.17) is 23.2 Å². The predicted molar refractivity (Wildman–Crippen MR) is 60.7 cm³/mol. The van der Waals surface area contributed by atoms with E-state index in [1.807, 2.05) is 36.4 Å². The van der Waals surface area contributed by atoms with Crippen LogP contribution in [0, 0.1) is 6.07 Å². The van der Waals surface area contributed by atoms with E-state index in [-0.39, 0.29) is 0 Å². The van der Waals surface area contributed by atoms with Gasteiger partial charge in [-0.15, -0.1) is 0 Å². The predicted octanol–water partition coefficient (Wildman–Crippen LogP) is 4.46. The summed E-state index contributed by atoms with van der Waals surface area (Å²) in [5.41, 5.74) is 2.08. The Morgan fingerprint density at radius 1 is 0.929 bits per heavy atom. The fourth-order valence-corrected chi connectivity index (χ4v) is 1.82. The highest BCUT2D eigenvalue weighted by atomic mass is 35.5. The van der Waals surface area contributed by atoms with Crippen molar-refractivity contribution < 1.29 is 0 Å². The normalized spacial score (nSPS) is 10.1. The van der Waals surface area contributed by atoms with Crippen molar-refractivity contribution >= 4 is 23.2 Å². The third-order valence-corrected chi connectivity index (χ3v) is 2.34. The van der Waals surface area contributed by atoms with Crippen molar-refractivity contribution in [2.45, 2.75) is 0 Å². The van der Waals surface area contributed by atoms with Crippen LogP contribution >= 0.6 is 23.2 Å². The topological polar surface area (TPSA) is 0 Å². The van der Waals surface area contributed by atoms with Crippen molar-refractivity contribution in [2.24, 2.45) is 0 Å². The summed E-state index contributed by atoms with van der Waals surface area (Å²) in [5.74, 6) is 0. The van der Waals surface area contributed by atoms with Gasteiger partial charge in [-0.1, -0.05) is 41.4 Å². The summed E-state index contributed by atoms with van der Waals surface area (Å²) in [5, 5.41) is 1.30. The highest BCUT2D eigenvalue weighted by molar-refractivity contribution is 6.35. The molecule has 2 aromatic carbocycles. The Morgan fingerprint density at radius 2 is 1.64 bits per heavy atom. The van der Waals surface area contributed by atoms with E-state index in [0.29, 0.717) is 10.0 Å². The van der Waals surface area contributed by atoms with Crippen LogP contribution in [0.4, 0.5) is 0 Å². The first-order valence-corrected chi connectivity index (χ1v) is 4.94. The van der Waals surface area contributed by atoms with Crippen LogP contribution in [0.5, 0.6) is 0 Å². The summed E-state index contributed by atoms with van der Waals surface area (Å²) < 4.78 is 0. The third kappa shape index (κ3) is 2.09. The van der Waals surface area contributed by atoms with Gasteiger partial charge in [0.15, 0.2) is 0 Å². The van der Waals surface area contributed by atoms with Gasteiger partial charge in [-0.2, -0.15) is 0 Å². The highest BCUT2D eigenvalue weighted by Crippen LogP contribution is 2.26. The summed E-state index contributed by atoms with van der Waals surface area (Å²) in [6.45, 7) is 0. The van der Waals surface area contributed by atoms with Crippen molar-refractivity contribution in [3.8, 4) is 11.1 Å². The zero-order valence-electron chi connectivity index (χ0n) is 7.30. The molecule has 0 aliphatic carbocycles. The Morgan fingerprint density at radius 3 is 2.21 bits per heavy atom. The molecule has 0 amide bonds. The maximum absolute atomic E-state index is 5.91. The molecule has 14 heavy (non-hydrogen) atoms. The van der Waals surface area contributed by atoms with E-state index < -0.39 is 0 Å². The first kappa shape index (κ1) is 9.57. The lowest BCUT2D eigenvalue weighted by molar-refractivity contribution is 1.61. The Kier molecular flexibility index (Phi) is 2.76. The molecule has 0 aliphatic heterocycles. The average Bonchev–Trinajstić information content (AvgIpc) is 2.18. The van der Waals surface area contributed by atoms with Crippen LogP contribution < -0.4 is 0 Å². The largest absolute Gasteiger partial charge is 0.0843 e. The molecule has 69 valence electrons. The van der Waals surface area contributed by atoms with E-state index in [9.17, 15) is 0 Å². The lowest BCUT2D eigenvalue weighted by atomic mass is 10.1. The van der Waals surface area contributed by atoms with Crippen molar-refractivity contribution in [2.75, 3.05) is 0 Å². The number of hydrogen-bond donors (Lipinski definition) is 0. The second-order valence-corrected chi connectivity index (χ2v) is 3.82. The van der Waals surface area contributed by atoms with Crippen LogP contribution in [-0.2, 0) is 0 Å². The molecule has 0 N–H and O–H groups in total. The zero-order chi connectivity index (χ0) is 9.97. The number of rotatable bonds is 1. The molecule has 0 spiro atoms. The fourth-order valence-electron chi connectivity index (χ4n) is 1.29. The van der Waals surface area contributed by atoms with Crippen molar-refractivity contribution in [1.29, 1.82) is 0 Å². The first-order valence-electron chi connectivity index (χ1n) is 4.18. The molecule has 0 aliphatic rings. The minimum Gasteiger partial charge on any atom is -0.0843 e. The fraction of sp³-hybridized carbons (Fsp3) is 0. The van der Waals surface area contributed by atoms with Crippen LogP contribution in [0.3, 0.4) is 0 Å². The van der Waals surface area contributed by atoms with Gasteiger partial charge in [0, 0.05) is 10.0 Å². The maximum atomic E-state index is 5.91. The van der Waals surface area contributed by atoms with E-state index in [2.05, 4.69) is 6.07 Å². The molecule has 2 heteroatoms. The SMILES string of the molecule is Clc1cc(Cl)cc(-c2c[c]ccc2)c1. The Hall–Kier alpha value is -0.980. The molecule has 2 rings (SSSR count). The smallest absolute Gasteiger partial charge is 0.0426 e. The molecule has 0 unspecified atom stereocenters. The number of hydrogen-bond acceptors (Lipinski definition) is 0. The molecule has 0 saturated heterocycles. The second-order valence-electron chi connectivity index (χ2n) is 2.95. The highest BCUT2D eigenvalue weighted by Gasteiger charge is 1.99. The molecular weight excluding hydrogens is 215 g/mol. The summed E-state index contributed by atoms with van der Waals surface area (Å²) in [4.78, 5) is 0. The van der Waals surface area contributed by atoms with Crippen LogP contribution in [0.25, 0.3) is 11.1 Å². The van der Waals surface area contributed by atoms with E-state index in [0.717, 1.165) is 11.1 Å². The molecule has 1 radical (unpaired) electrons. The van der Waals surface area contributed by atoms with Gasteiger partial charge in [-0.25, -0.2) is 0 Å². The van der Waals surface area contributed by atoms with E-state index in [1.165, 1.54) is 0 Å².